The second kappa shape index (κ2) is 7.91. The summed E-state index contributed by atoms with van der Waals surface area (Å²) >= 11 is 0. The normalized spacial score (nSPS) is 10.9. The monoisotopic (exact) mass is 347 g/mol. The summed E-state index contributed by atoms with van der Waals surface area (Å²) < 4.78 is 20.6. The number of amides is 1. The van der Waals surface area contributed by atoms with Crippen LogP contribution in [0.15, 0.2) is 40.6 Å². The van der Waals surface area contributed by atoms with Gasteiger partial charge in [0.05, 0.1) is 27.6 Å². The Morgan fingerprint density at radius 1 is 1.12 bits per heavy atom. The lowest BCUT2D eigenvalue weighted by Gasteiger charge is -2.13. The SMILES string of the molecule is COc1cc(C=C(NC(=O)c2ccco2)C(=O)O)cc(OC)c1OC. The maximum Gasteiger partial charge on any atom is 0.352 e. The first kappa shape index (κ1) is 17.9. The minimum atomic E-state index is -1.31. The number of carbonyl (C=O) groups is 2. The van der Waals surface area contributed by atoms with Gasteiger partial charge in [-0.1, -0.05) is 0 Å². The average Bonchev–Trinajstić information content (AvgIpc) is 3.14. The number of methoxy groups -OCH3 is 3. The predicted octanol–water partition coefficient (Wildman–Crippen LogP) is 2.16. The number of nitrogens with one attached hydrogen (secondary N) is 1. The fraction of sp³-hybridized carbons (Fsp3) is 0.176. The number of furan rings is 1. The molecule has 0 fully saturated rings. The third-order valence-electron chi connectivity index (χ3n) is 3.22. The highest BCUT2D eigenvalue weighted by molar-refractivity contribution is 6.01. The summed E-state index contributed by atoms with van der Waals surface area (Å²) in [6.07, 6.45) is 2.59. The molecule has 0 saturated heterocycles. The molecule has 0 aliphatic heterocycles. The fourth-order valence-corrected chi connectivity index (χ4v) is 2.09. The van der Waals surface area contributed by atoms with E-state index in [9.17, 15) is 14.7 Å². The van der Waals surface area contributed by atoms with Crippen LogP contribution in [0.1, 0.15) is 16.1 Å². The number of rotatable bonds is 7. The molecule has 2 aromatic rings. The number of ether oxygens (including phenoxy) is 3. The molecule has 1 aromatic heterocycles. The van der Waals surface area contributed by atoms with E-state index >= 15 is 0 Å². The van der Waals surface area contributed by atoms with Gasteiger partial charge in [-0.15, -0.1) is 0 Å². The van der Waals surface area contributed by atoms with Crippen LogP contribution in [0.2, 0.25) is 0 Å². The number of carbonyl (C=O) groups excluding carboxylic acids is 1. The second-order valence-electron chi connectivity index (χ2n) is 4.75. The van der Waals surface area contributed by atoms with E-state index in [1.807, 2.05) is 0 Å². The van der Waals surface area contributed by atoms with Gasteiger partial charge in [0.15, 0.2) is 17.3 Å². The van der Waals surface area contributed by atoms with Crippen molar-refractivity contribution in [1.29, 1.82) is 0 Å². The zero-order chi connectivity index (χ0) is 18.4. The lowest BCUT2D eigenvalue weighted by atomic mass is 10.1. The summed E-state index contributed by atoms with van der Waals surface area (Å²) in [5.41, 5.74) is 0.0994. The van der Waals surface area contributed by atoms with Gasteiger partial charge in [-0.25, -0.2) is 4.79 Å². The maximum absolute atomic E-state index is 12.0. The topological polar surface area (TPSA) is 107 Å². The van der Waals surface area contributed by atoms with Gasteiger partial charge in [-0.05, 0) is 35.9 Å². The van der Waals surface area contributed by atoms with Gasteiger partial charge in [-0.2, -0.15) is 0 Å². The van der Waals surface area contributed by atoms with Crippen molar-refractivity contribution < 1.29 is 33.3 Å². The van der Waals surface area contributed by atoms with Crippen molar-refractivity contribution in [3.05, 3.63) is 47.5 Å². The molecule has 1 amide bonds. The van der Waals surface area contributed by atoms with E-state index < -0.39 is 11.9 Å². The van der Waals surface area contributed by atoms with Crippen LogP contribution < -0.4 is 19.5 Å². The van der Waals surface area contributed by atoms with Crippen molar-refractivity contribution >= 4 is 18.0 Å². The van der Waals surface area contributed by atoms with Gasteiger partial charge in [0.25, 0.3) is 5.91 Å². The van der Waals surface area contributed by atoms with Gasteiger partial charge >= 0.3 is 5.97 Å². The smallest absolute Gasteiger partial charge is 0.352 e. The molecule has 8 heteroatoms. The van der Waals surface area contributed by atoms with Crippen molar-refractivity contribution in [3.63, 3.8) is 0 Å². The molecule has 2 rings (SSSR count). The standard InChI is InChI=1S/C17H17NO7/c1-22-13-8-10(9-14(23-2)15(13)24-3)7-11(17(20)21)18-16(19)12-5-4-6-25-12/h4-9H,1-3H3,(H,18,19)(H,20,21). The van der Waals surface area contributed by atoms with Gasteiger partial charge in [0.1, 0.15) is 5.70 Å². The van der Waals surface area contributed by atoms with E-state index in [2.05, 4.69) is 5.32 Å². The van der Waals surface area contributed by atoms with E-state index in [0.717, 1.165) is 0 Å². The Balaban J connectivity index is 2.39. The first-order valence-corrected chi connectivity index (χ1v) is 7.10. The van der Waals surface area contributed by atoms with Crippen LogP contribution in [0.5, 0.6) is 17.2 Å². The zero-order valence-corrected chi connectivity index (χ0v) is 13.9. The van der Waals surface area contributed by atoms with E-state index in [1.165, 1.54) is 45.8 Å². The quantitative estimate of drug-likeness (QED) is 0.739. The Morgan fingerprint density at radius 2 is 1.76 bits per heavy atom. The third kappa shape index (κ3) is 4.11. The van der Waals surface area contributed by atoms with E-state index in [0.29, 0.717) is 22.8 Å². The number of hydrogen-bond donors (Lipinski definition) is 2. The third-order valence-corrected chi connectivity index (χ3v) is 3.22. The minimum Gasteiger partial charge on any atom is -0.493 e. The molecule has 25 heavy (non-hydrogen) atoms. The summed E-state index contributed by atoms with van der Waals surface area (Å²) in [6, 6.07) is 6.07. The molecular weight excluding hydrogens is 330 g/mol. The molecule has 1 aromatic carbocycles. The molecular formula is C17H17NO7. The molecule has 0 saturated carbocycles. The molecule has 0 aliphatic rings. The van der Waals surface area contributed by atoms with Crippen LogP contribution >= 0.6 is 0 Å². The fourth-order valence-electron chi connectivity index (χ4n) is 2.09. The van der Waals surface area contributed by atoms with E-state index in [-0.39, 0.29) is 11.5 Å². The van der Waals surface area contributed by atoms with Crippen LogP contribution in [0.3, 0.4) is 0 Å². The highest BCUT2D eigenvalue weighted by Crippen LogP contribution is 2.38. The molecule has 0 aliphatic carbocycles. The Kier molecular flexibility index (Phi) is 5.67. The lowest BCUT2D eigenvalue weighted by Crippen LogP contribution is -2.26. The highest BCUT2D eigenvalue weighted by Gasteiger charge is 2.17. The molecule has 8 nitrogen and oxygen atoms in total. The Labute approximate surface area is 143 Å². The highest BCUT2D eigenvalue weighted by atomic mass is 16.5. The second-order valence-corrected chi connectivity index (χ2v) is 4.75. The Hall–Kier alpha value is -3.42. The van der Waals surface area contributed by atoms with Crippen LogP contribution in [-0.2, 0) is 4.79 Å². The summed E-state index contributed by atoms with van der Waals surface area (Å²) in [6.45, 7) is 0. The summed E-state index contributed by atoms with van der Waals surface area (Å²) in [7, 11) is 4.35. The number of hydrogen-bond acceptors (Lipinski definition) is 6. The van der Waals surface area contributed by atoms with E-state index in [4.69, 9.17) is 18.6 Å². The average molecular weight is 347 g/mol. The maximum atomic E-state index is 12.0. The number of carboxylic acids is 1. The summed E-state index contributed by atoms with van der Waals surface area (Å²) in [5.74, 6) is -0.902. The predicted molar refractivity (Wildman–Crippen MR) is 87.9 cm³/mol. The molecule has 2 N–H and O–H groups in total. The minimum absolute atomic E-state index is 0.00274. The Morgan fingerprint density at radius 3 is 2.20 bits per heavy atom. The van der Waals surface area contributed by atoms with Crippen molar-refractivity contribution in [2.24, 2.45) is 0 Å². The van der Waals surface area contributed by atoms with Crippen molar-refractivity contribution in [1.82, 2.24) is 5.32 Å². The van der Waals surface area contributed by atoms with Crippen LogP contribution in [0.25, 0.3) is 6.08 Å². The molecule has 0 bridgehead atoms. The summed E-state index contributed by atoms with van der Waals surface area (Å²) in [4.78, 5) is 23.4. The van der Waals surface area contributed by atoms with Gasteiger partial charge < -0.3 is 29.1 Å². The number of carboxylic acid groups (broad SMARTS) is 1. The zero-order valence-electron chi connectivity index (χ0n) is 13.9. The van der Waals surface area contributed by atoms with Crippen molar-refractivity contribution in [2.45, 2.75) is 0 Å². The van der Waals surface area contributed by atoms with Crippen molar-refractivity contribution in [3.8, 4) is 17.2 Å². The first-order valence-electron chi connectivity index (χ1n) is 7.10. The number of benzene rings is 1. The Bertz CT molecular complexity index is 768. The van der Waals surface area contributed by atoms with Gasteiger partial charge in [0, 0.05) is 0 Å². The van der Waals surface area contributed by atoms with Crippen molar-refractivity contribution in [2.75, 3.05) is 21.3 Å². The van der Waals surface area contributed by atoms with Crippen LogP contribution in [0, 0.1) is 0 Å². The number of aliphatic carboxylic acids is 1. The van der Waals surface area contributed by atoms with Crippen LogP contribution in [-0.4, -0.2) is 38.3 Å². The lowest BCUT2D eigenvalue weighted by molar-refractivity contribution is -0.132. The largest absolute Gasteiger partial charge is 0.493 e. The van der Waals surface area contributed by atoms with E-state index in [1.54, 1.807) is 12.1 Å². The van der Waals surface area contributed by atoms with Crippen LogP contribution in [0.4, 0.5) is 0 Å². The molecule has 1 heterocycles. The molecule has 0 radical (unpaired) electrons. The van der Waals surface area contributed by atoms with Gasteiger partial charge in [-0.3, -0.25) is 4.79 Å². The summed E-state index contributed by atoms with van der Waals surface area (Å²) in [5, 5.41) is 11.6. The molecule has 0 spiro atoms. The molecule has 0 atom stereocenters. The molecule has 0 unspecified atom stereocenters. The molecule has 132 valence electrons. The first-order chi connectivity index (χ1) is 12.0. The van der Waals surface area contributed by atoms with Gasteiger partial charge in [0.2, 0.25) is 5.75 Å².